The van der Waals surface area contributed by atoms with Crippen molar-refractivity contribution < 1.29 is 9.63 Å². The predicted octanol–water partition coefficient (Wildman–Crippen LogP) is 1.20. The van der Waals surface area contributed by atoms with Crippen molar-refractivity contribution in [1.29, 1.82) is 0 Å². The normalized spacial score (nSPS) is 9.50. The third kappa shape index (κ3) is 2.82. The van der Waals surface area contributed by atoms with Gasteiger partial charge in [-0.3, -0.25) is 9.63 Å². The highest BCUT2D eigenvalue weighted by Gasteiger charge is 2.07. The van der Waals surface area contributed by atoms with Gasteiger partial charge in [-0.15, -0.1) is 0 Å². The Morgan fingerprint density at radius 3 is 2.30 bits per heavy atom. The van der Waals surface area contributed by atoms with Crippen molar-refractivity contribution in [3.63, 3.8) is 0 Å². The minimum Gasteiger partial charge on any atom is -0.273 e. The Morgan fingerprint density at radius 1 is 1.40 bits per heavy atom. The van der Waals surface area contributed by atoms with Crippen LogP contribution in [0.2, 0.25) is 0 Å². The van der Waals surface area contributed by atoms with Gasteiger partial charge in [0, 0.05) is 13.0 Å². The summed E-state index contributed by atoms with van der Waals surface area (Å²) >= 11 is 0. The van der Waals surface area contributed by atoms with Crippen LogP contribution in [0.25, 0.3) is 0 Å². The topological polar surface area (TPSA) is 29.5 Å². The maximum absolute atomic E-state index is 10.9. The third-order valence-corrected chi connectivity index (χ3v) is 1.15. The fourth-order valence-corrected chi connectivity index (χ4v) is 0.672. The third-order valence-electron chi connectivity index (χ3n) is 1.15. The summed E-state index contributed by atoms with van der Waals surface area (Å²) in [5.74, 6) is 0.0457. The molecule has 3 heteroatoms. The lowest BCUT2D eigenvalue weighted by Gasteiger charge is -2.17. The van der Waals surface area contributed by atoms with Gasteiger partial charge in [0.25, 0.3) is 0 Å². The smallest absolute Gasteiger partial charge is 0.245 e. The first-order valence-corrected chi connectivity index (χ1v) is 3.69. The molecule has 0 saturated carbocycles. The molecule has 3 nitrogen and oxygen atoms in total. The molecule has 0 saturated heterocycles. The average Bonchev–Trinajstić information content (AvgIpc) is 1.99. The SMILES string of the molecule is CCON(CC)C(=O)CC. The molecule has 0 rings (SSSR count). The van der Waals surface area contributed by atoms with E-state index in [1.807, 2.05) is 20.8 Å². The van der Waals surface area contributed by atoms with Crippen molar-refractivity contribution in [1.82, 2.24) is 5.06 Å². The maximum atomic E-state index is 10.9. The zero-order valence-electron chi connectivity index (χ0n) is 6.89. The highest BCUT2D eigenvalue weighted by Crippen LogP contribution is 1.93. The number of carbonyl (C=O) groups excluding carboxylic acids is 1. The molecule has 0 heterocycles. The van der Waals surface area contributed by atoms with Crippen molar-refractivity contribution in [2.45, 2.75) is 27.2 Å². The largest absolute Gasteiger partial charge is 0.273 e. The molecule has 0 fully saturated rings. The Hall–Kier alpha value is -0.570. The van der Waals surface area contributed by atoms with Gasteiger partial charge in [-0.05, 0) is 13.8 Å². The number of nitrogens with zero attached hydrogens (tertiary/aromatic N) is 1. The molecular formula is C7H15NO2. The van der Waals surface area contributed by atoms with Crippen LogP contribution in [0.15, 0.2) is 0 Å². The van der Waals surface area contributed by atoms with E-state index in [2.05, 4.69) is 0 Å². The zero-order chi connectivity index (χ0) is 7.98. The van der Waals surface area contributed by atoms with Gasteiger partial charge in [0.15, 0.2) is 0 Å². The van der Waals surface area contributed by atoms with Gasteiger partial charge in [-0.1, -0.05) is 6.92 Å². The minimum absolute atomic E-state index is 0.0457. The van der Waals surface area contributed by atoms with E-state index < -0.39 is 0 Å². The Balaban J connectivity index is 3.68. The zero-order valence-corrected chi connectivity index (χ0v) is 6.89. The second kappa shape index (κ2) is 5.23. The molecular weight excluding hydrogens is 130 g/mol. The van der Waals surface area contributed by atoms with E-state index in [0.717, 1.165) is 0 Å². The molecule has 0 aliphatic carbocycles. The lowest BCUT2D eigenvalue weighted by molar-refractivity contribution is -0.183. The second-order valence-corrected chi connectivity index (χ2v) is 1.86. The molecule has 60 valence electrons. The average molecular weight is 145 g/mol. The van der Waals surface area contributed by atoms with Gasteiger partial charge in [0.1, 0.15) is 0 Å². The summed E-state index contributed by atoms with van der Waals surface area (Å²) < 4.78 is 0. The van der Waals surface area contributed by atoms with E-state index in [0.29, 0.717) is 19.6 Å². The number of carbonyl (C=O) groups is 1. The Kier molecular flexibility index (Phi) is 4.94. The van der Waals surface area contributed by atoms with Gasteiger partial charge in [0.2, 0.25) is 5.91 Å². The molecule has 0 unspecified atom stereocenters. The summed E-state index contributed by atoms with van der Waals surface area (Å²) in [4.78, 5) is 16.0. The molecule has 0 spiro atoms. The van der Waals surface area contributed by atoms with Crippen molar-refractivity contribution in [2.24, 2.45) is 0 Å². The van der Waals surface area contributed by atoms with Crippen LogP contribution in [0, 0.1) is 0 Å². The lowest BCUT2D eigenvalue weighted by Crippen LogP contribution is -2.30. The summed E-state index contributed by atoms with van der Waals surface area (Å²) in [6.07, 6.45) is 0.508. The first-order valence-electron chi connectivity index (χ1n) is 3.69. The highest BCUT2D eigenvalue weighted by molar-refractivity contribution is 5.74. The molecule has 0 aromatic carbocycles. The van der Waals surface area contributed by atoms with Gasteiger partial charge in [-0.25, -0.2) is 5.06 Å². The fourth-order valence-electron chi connectivity index (χ4n) is 0.672. The number of hydrogen-bond donors (Lipinski definition) is 0. The van der Waals surface area contributed by atoms with E-state index in [9.17, 15) is 4.79 Å². The van der Waals surface area contributed by atoms with E-state index in [1.165, 1.54) is 5.06 Å². The lowest BCUT2D eigenvalue weighted by atomic mass is 10.4. The van der Waals surface area contributed by atoms with Crippen molar-refractivity contribution >= 4 is 5.91 Å². The molecule has 1 amide bonds. The number of hydroxylamine groups is 2. The van der Waals surface area contributed by atoms with Crippen LogP contribution in [0.5, 0.6) is 0 Å². The molecule has 0 bridgehead atoms. The summed E-state index contributed by atoms with van der Waals surface area (Å²) in [6, 6.07) is 0. The van der Waals surface area contributed by atoms with E-state index in [-0.39, 0.29) is 5.91 Å². The Morgan fingerprint density at radius 2 is 2.00 bits per heavy atom. The van der Waals surface area contributed by atoms with E-state index in [4.69, 9.17) is 4.84 Å². The van der Waals surface area contributed by atoms with Crippen molar-refractivity contribution in [3.05, 3.63) is 0 Å². The van der Waals surface area contributed by atoms with Crippen LogP contribution in [0.3, 0.4) is 0 Å². The second-order valence-electron chi connectivity index (χ2n) is 1.86. The van der Waals surface area contributed by atoms with Crippen LogP contribution >= 0.6 is 0 Å². The summed E-state index contributed by atoms with van der Waals surface area (Å²) in [5.41, 5.74) is 0. The quantitative estimate of drug-likeness (QED) is 0.556. The minimum atomic E-state index is 0.0457. The molecule has 0 aliphatic rings. The van der Waals surface area contributed by atoms with Crippen LogP contribution in [-0.4, -0.2) is 24.1 Å². The highest BCUT2D eigenvalue weighted by atomic mass is 16.7. The maximum Gasteiger partial charge on any atom is 0.245 e. The summed E-state index contributed by atoms with van der Waals surface area (Å²) in [7, 11) is 0. The van der Waals surface area contributed by atoms with E-state index in [1.54, 1.807) is 0 Å². The molecule has 0 atom stereocenters. The van der Waals surface area contributed by atoms with Gasteiger partial charge >= 0.3 is 0 Å². The van der Waals surface area contributed by atoms with Crippen LogP contribution in [0.4, 0.5) is 0 Å². The fraction of sp³-hybridized carbons (Fsp3) is 0.857. The van der Waals surface area contributed by atoms with Crippen molar-refractivity contribution in [2.75, 3.05) is 13.2 Å². The number of rotatable bonds is 4. The standard InChI is InChI=1S/C7H15NO2/c1-4-7(9)8(5-2)10-6-3/h4-6H2,1-3H3. The Bertz CT molecular complexity index is 104. The molecule has 0 aromatic rings. The summed E-state index contributed by atoms with van der Waals surface area (Å²) in [6.45, 7) is 6.76. The first-order chi connectivity index (χ1) is 4.76. The van der Waals surface area contributed by atoms with Gasteiger partial charge < -0.3 is 0 Å². The van der Waals surface area contributed by atoms with Crippen molar-refractivity contribution in [3.8, 4) is 0 Å². The predicted molar refractivity (Wildman–Crippen MR) is 39.3 cm³/mol. The van der Waals surface area contributed by atoms with Crippen LogP contribution < -0.4 is 0 Å². The van der Waals surface area contributed by atoms with Gasteiger partial charge in [-0.2, -0.15) is 0 Å². The summed E-state index contributed by atoms with van der Waals surface area (Å²) in [5, 5.41) is 1.39. The van der Waals surface area contributed by atoms with E-state index >= 15 is 0 Å². The van der Waals surface area contributed by atoms with Gasteiger partial charge in [0.05, 0.1) is 6.61 Å². The molecule has 10 heavy (non-hydrogen) atoms. The molecule has 0 aromatic heterocycles. The van der Waals surface area contributed by atoms with Crippen LogP contribution in [-0.2, 0) is 9.63 Å². The molecule has 0 aliphatic heterocycles. The number of hydrogen-bond acceptors (Lipinski definition) is 2. The van der Waals surface area contributed by atoms with Crippen LogP contribution in [0.1, 0.15) is 27.2 Å². The Labute approximate surface area is 61.9 Å². The molecule has 0 radical (unpaired) electrons. The molecule has 0 N–H and O–H groups in total. The monoisotopic (exact) mass is 145 g/mol. The number of amides is 1. The first kappa shape index (κ1) is 9.43.